The zero-order valence-electron chi connectivity index (χ0n) is 19.3. The molecule has 3 aromatic carbocycles. The van der Waals surface area contributed by atoms with E-state index in [1.165, 1.54) is 0 Å². The van der Waals surface area contributed by atoms with Crippen molar-refractivity contribution in [3.05, 3.63) is 100 Å². The molecule has 0 bridgehead atoms. The molecule has 0 radical (unpaired) electrons. The molecule has 0 saturated heterocycles. The summed E-state index contributed by atoms with van der Waals surface area (Å²) >= 11 is 0. The summed E-state index contributed by atoms with van der Waals surface area (Å²) in [5.74, 6) is 0.331. The number of ether oxygens (including phenoxy) is 2. The molecule has 0 aromatic heterocycles. The van der Waals surface area contributed by atoms with Crippen LogP contribution in [-0.2, 0) is 11.3 Å². The summed E-state index contributed by atoms with van der Waals surface area (Å²) in [6, 6.07) is 20.3. The minimum Gasteiger partial charge on any atom is -0.493 e. The predicted octanol–water partition coefficient (Wildman–Crippen LogP) is 4.41. The fourth-order valence-corrected chi connectivity index (χ4v) is 3.15. The van der Waals surface area contributed by atoms with Gasteiger partial charge in [0.1, 0.15) is 5.70 Å². The Labute approximate surface area is 194 Å². The number of rotatable bonds is 8. The number of carbonyl (C=O) groups excluding carboxylic acids is 2. The molecule has 6 nitrogen and oxygen atoms in total. The largest absolute Gasteiger partial charge is 0.493 e. The van der Waals surface area contributed by atoms with Crippen LogP contribution in [0, 0.1) is 13.8 Å². The van der Waals surface area contributed by atoms with Crippen LogP contribution in [0.4, 0.5) is 0 Å². The Kier molecular flexibility index (Phi) is 7.86. The molecule has 0 saturated carbocycles. The maximum Gasteiger partial charge on any atom is 0.268 e. The van der Waals surface area contributed by atoms with Gasteiger partial charge < -0.3 is 20.1 Å². The zero-order chi connectivity index (χ0) is 23.8. The Morgan fingerprint density at radius 2 is 1.42 bits per heavy atom. The van der Waals surface area contributed by atoms with Crippen LogP contribution in [0.1, 0.15) is 32.6 Å². The molecule has 2 N–H and O–H groups in total. The molecule has 0 aliphatic heterocycles. The van der Waals surface area contributed by atoms with Crippen LogP contribution in [0.3, 0.4) is 0 Å². The van der Waals surface area contributed by atoms with Crippen LogP contribution < -0.4 is 20.1 Å². The molecule has 0 aliphatic rings. The predicted molar refractivity (Wildman–Crippen MR) is 129 cm³/mol. The van der Waals surface area contributed by atoms with Crippen molar-refractivity contribution >= 4 is 17.9 Å². The normalized spacial score (nSPS) is 11.0. The molecular weight excluding hydrogens is 416 g/mol. The second-order valence-corrected chi connectivity index (χ2v) is 7.66. The molecule has 0 unspecified atom stereocenters. The number of methoxy groups -OCH3 is 2. The number of aryl methyl sites for hydroxylation is 2. The number of hydrogen-bond donors (Lipinski definition) is 2. The summed E-state index contributed by atoms with van der Waals surface area (Å²) in [5.41, 5.74) is 4.42. The van der Waals surface area contributed by atoms with Gasteiger partial charge in [-0.05, 0) is 55.3 Å². The molecule has 2 amide bonds. The summed E-state index contributed by atoms with van der Waals surface area (Å²) in [6.07, 6.45) is 1.61. The highest BCUT2D eigenvalue weighted by atomic mass is 16.5. The summed E-state index contributed by atoms with van der Waals surface area (Å²) in [4.78, 5) is 25.9. The number of carbonyl (C=O) groups is 2. The number of hydrogen-bond acceptors (Lipinski definition) is 4. The van der Waals surface area contributed by atoms with Gasteiger partial charge in [0.15, 0.2) is 11.5 Å². The third kappa shape index (κ3) is 6.46. The third-order valence-corrected chi connectivity index (χ3v) is 5.10. The minimum absolute atomic E-state index is 0.125. The second kappa shape index (κ2) is 11.0. The van der Waals surface area contributed by atoms with Gasteiger partial charge in [0.05, 0.1) is 14.2 Å². The van der Waals surface area contributed by atoms with Crippen molar-refractivity contribution in [2.75, 3.05) is 14.2 Å². The van der Waals surface area contributed by atoms with Gasteiger partial charge in [-0.2, -0.15) is 0 Å². The van der Waals surface area contributed by atoms with Crippen LogP contribution in [0.2, 0.25) is 0 Å². The Balaban J connectivity index is 1.86. The average Bonchev–Trinajstić information content (AvgIpc) is 2.83. The van der Waals surface area contributed by atoms with Crippen molar-refractivity contribution in [2.24, 2.45) is 0 Å². The van der Waals surface area contributed by atoms with Gasteiger partial charge in [-0.1, -0.05) is 53.6 Å². The molecule has 0 heterocycles. The Morgan fingerprint density at radius 3 is 2.03 bits per heavy atom. The standard InChI is InChI=1S/C27H28N2O4/c1-18-5-9-20(10-6-18)17-28-27(31)23(29-26(30)22-12-7-19(2)8-13-22)15-21-11-14-24(32-3)25(16-21)33-4/h5-16H,17H2,1-4H3,(H,28,31)(H,29,30)/b23-15-. The molecule has 0 spiro atoms. The molecule has 0 atom stereocenters. The average molecular weight is 445 g/mol. The van der Waals surface area contributed by atoms with Crippen LogP contribution in [-0.4, -0.2) is 26.0 Å². The number of nitrogens with one attached hydrogen (secondary N) is 2. The van der Waals surface area contributed by atoms with E-state index in [0.29, 0.717) is 29.2 Å². The van der Waals surface area contributed by atoms with Gasteiger partial charge in [-0.3, -0.25) is 9.59 Å². The van der Waals surface area contributed by atoms with Crippen molar-refractivity contribution in [3.63, 3.8) is 0 Å². The number of amides is 2. The van der Waals surface area contributed by atoms with Gasteiger partial charge in [0, 0.05) is 12.1 Å². The SMILES string of the molecule is COc1ccc(/C=C(\NC(=O)c2ccc(C)cc2)C(=O)NCc2ccc(C)cc2)cc1OC. The van der Waals surface area contributed by atoms with Gasteiger partial charge >= 0.3 is 0 Å². The first kappa shape index (κ1) is 23.6. The summed E-state index contributed by atoms with van der Waals surface area (Å²) in [7, 11) is 3.10. The first-order valence-corrected chi connectivity index (χ1v) is 10.5. The first-order chi connectivity index (χ1) is 15.9. The Morgan fingerprint density at radius 1 is 0.818 bits per heavy atom. The Hall–Kier alpha value is -4.06. The third-order valence-electron chi connectivity index (χ3n) is 5.10. The maximum absolute atomic E-state index is 13.0. The van der Waals surface area contributed by atoms with E-state index in [9.17, 15) is 9.59 Å². The first-order valence-electron chi connectivity index (χ1n) is 10.5. The van der Waals surface area contributed by atoms with Crippen LogP contribution >= 0.6 is 0 Å². The van der Waals surface area contributed by atoms with E-state index in [2.05, 4.69) is 10.6 Å². The fraction of sp³-hybridized carbons (Fsp3) is 0.185. The monoisotopic (exact) mass is 444 g/mol. The highest BCUT2D eigenvalue weighted by Crippen LogP contribution is 2.28. The summed E-state index contributed by atoms with van der Waals surface area (Å²) in [6.45, 7) is 4.29. The minimum atomic E-state index is -0.397. The zero-order valence-corrected chi connectivity index (χ0v) is 19.3. The van der Waals surface area contributed by atoms with Gasteiger partial charge in [-0.25, -0.2) is 0 Å². The fourth-order valence-electron chi connectivity index (χ4n) is 3.15. The summed E-state index contributed by atoms with van der Waals surface area (Å²) in [5, 5.41) is 5.63. The molecule has 6 heteroatoms. The lowest BCUT2D eigenvalue weighted by molar-refractivity contribution is -0.117. The van der Waals surface area contributed by atoms with Gasteiger partial charge in [0.2, 0.25) is 0 Å². The quantitative estimate of drug-likeness (QED) is 0.505. The van der Waals surface area contributed by atoms with Crippen molar-refractivity contribution in [1.29, 1.82) is 0 Å². The molecule has 170 valence electrons. The van der Waals surface area contributed by atoms with Crippen molar-refractivity contribution < 1.29 is 19.1 Å². The lowest BCUT2D eigenvalue weighted by Gasteiger charge is -2.13. The lowest BCUT2D eigenvalue weighted by Crippen LogP contribution is -2.34. The molecule has 3 rings (SSSR count). The second-order valence-electron chi connectivity index (χ2n) is 7.66. The van der Waals surface area contributed by atoms with E-state index in [1.807, 2.05) is 50.2 Å². The van der Waals surface area contributed by atoms with Crippen LogP contribution in [0.15, 0.2) is 72.4 Å². The van der Waals surface area contributed by atoms with E-state index in [4.69, 9.17) is 9.47 Å². The highest BCUT2D eigenvalue weighted by molar-refractivity contribution is 6.05. The number of benzene rings is 3. The van der Waals surface area contributed by atoms with Crippen molar-refractivity contribution in [2.45, 2.75) is 20.4 Å². The summed E-state index contributed by atoms with van der Waals surface area (Å²) < 4.78 is 10.6. The molecule has 33 heavy (non-hydrogen) atoms. The van der Waals surface area contributed by atoms with Gasteiger partial charge in [-0.15, -0.1) is 0 Å². The van der Waals surface area contributed by atoms with E-state index >= 15 is 0 Å². The highest BCUT2D eigenvalue weighted by Gasteiger charge is 2.15. The lowest BCUT2D eigenvalue weighted by atomic mass is 10.1. The van der Waals surface area contributed by atoms with E-state index in [-0.39, 0.29) is 11.6 Å². The van der Waals surface area contributed by atoms with Crippen LogP contribution in [0.5, 0.6) is 11.5 Å². The Bertz CT molecular complexity index is 1150. The topological polar surface area (TPSA) is 76.7 Å². The van der Waals surface area contributed by atoms with E-state index in [1.54, 1.807) is 50.6 Å². The smallest absolute Gasteiger partial charge is 0.268 e. The van der Waals surface area contributed by atoms with Crippen molar-refractivity contribution in [3.8, 4) is 11.5 Å². The molecule has 3 aromatic rings. The molecule has 0 aliphatic carbocycles. The van der Waals surface area contributed by atoms with Gasteiger partial charge in [0.25, 0.3) is 11.8 Å². The van der Waals surface area contributed by atoms with Crippen LogP contribution in [0.25, 0.3) is 6.08 Å². The van der Waals surface area contributed by atoms with E-state index in [0.717, 1.165) is 16.7 Å². The molecular formula is C27H28N2O4. The van der Waals surface area contributed by atoms with E-state index < -0.39 is 5.91 Å². The van der Waals surface area contributed by atoms with Crippen molar-refractivity contribution in [1.82, 2.24) is 10.6 Å². The molecule has 0 fully saturated rings. The maximum atomic E-state index is 13.0.